The molecule has 11 nitrogen and oxygen atoms in total. The van der Waals surface area contributed by atoms with E-state index in [0.717, 1.165) is 18.6 Å². The number of terminal acetylenes is 1. The Bertz CT molecular complexity index is 2580. The number of hydrogen-bond donors (Lipinski definition) is 0. The maximum atomic E-state index is 17.5. The third-order valence-corrected chi connectivity index (χ3v) is 11.5. The summed E-state index contributed by atoms with van der Waals surface area (Å²) < 4.78 is 114. The number of ether oxygens (including phenoxy) is 4. The van der Waals surface area contributed by atoms with Gasteiger partial charge in [-0.3, -0.25) is 14.9 Å². The minimum atomic E-state index is -1.60. The molecule has 3 aliphatic heterocycles. The molecule has 17 heteroatoms. The molecule has 62 heavy (non-hydrogen) atoms. The number of hydrogen-bond acceptors (Lipinski definition) is 10. The monoisotopic (exact) mass is 862 g/mol. The standard InChI is InChI=1S/C45H44F6N6O5/c1-6-29-32(47)11-10-25-16-28(61-24-59-5)19-30(36(25)29)39-38(51)40-31(21-52-39)41(56-14-8-7-9-15-57(56)43(58)62-44(2,3)4)54-42(53-40)60-23-45-13-12-35(55(45)22-27(46)20-45)26-17-33(48)37(50)34(49)18-26/h1,10-11,16-19,21,27,35H,7-9,12-15,20,22-24H2,2-5H3/t27?,35-,45+/m1/s1. The molecule has 8 rings (SSSR count). The maximum absolute atomic E-state index is 17.5. The number of aromatic nitrogens is 3. The summed E-state index contributed by atoms with van der Waals surface area (Å²) in [4.78, 5) is 29.4. The predicted octanol–water partition coefficient (Wildman–Crippen LogP) is 9.34. The average Bonchev–Trinajstić information content (AvgIpc) is 3.61. The number of alkyl halides is 1. The van der Waals surface area contributed by atoms with E-state index in [0.29, 0.717) is 31.1 Å². The van der Waals surface area contributed by atoms with Gasteiger partial charge in [0.05, 0.1) is 16.5 Å². The lowest BCUT2D eigenvalue weighted by molar-refractivity contribution is 0.0232. The molecule has 0 N–H and O–H groups in total. The molecule has 0 saturated carbocycles. The van der Waals surface area contributed by atoms with Gasteiger partial charge in [0.1, 0.15) is 41.2 Å². The molecule has 326 valence electrons. The Hall–Kier alpha value is -5.86. The van der Waals surface area contributed by atoms with Crippen molar-refractivity contribution in [2.75, 3.05) is 45.2 Å². The molecule has 2 aromatic heterocycles. The fourth-order valence-corrected chi connectivity index (χ4v) is 8.88. The van der Waals surface area contributed by atoms with Crippen LogP contribution in [0, 0.1) is 41.4 Å². The average molecular weight is 863 g/mol. The van der Waals surface area contributed by atoms with Crippen LogP contribution >= 0.6 is 0 Å². The number of methoxy groups -OCH3 is 1. The van der Waals surface area contributed by atoms with Crippen LogP contribution in [0.2, 0.25) is 0 Å². The quantitative estimate of drug-likeness (QED) is 0.0617. The first kappa shape index (κ1) is 42.8. The highest BCUT2D eigenvalue weighted by molar-refractivity contribution is 6.03. The highest BCUT2D eigenvalue weighted by Crippen LogP contribution is 2.50. The summed E-state index contributed by atoms with van der Waals surface area (Å²) in [6.07, 6.45) is 7.86. The molecule has 3 saturated heterocycles. The molecular weight excluding hydrogens is 819 g/mol. The summed E-state index contributed by atoms with van der Waals surface area (Å²) in [5, 5.41) is 3.70. The molecule has 3 fully saturated rings. The number of nitrogens with zero attached hydrogens (tertiary/aromatic N) is 6. The molecule has 5 heterocycles. The number of fused-ring (bicyclic) bond motifs is 3. The van der Waals surface area contributed by atoms with Crippen molar-refractivity contribution in [2.24, 2.45) is 0 Å². The van der Waals surface area contributed by atoms with Crippen LogP contribution in [-0.4, -0.2) is 88.4 Å². The largest absolute Gasteiger partial charge is 0.468 e. The molecule has 0 radical (unpaired) electrons. The first-order valence-corrected chi connectivity index (χ1v) is 20.3. The molecule has 0 bridgehead atoms. The number of halogens is 6. The second kappa shape index (κ2) is 16.8. The molecule has 5 aromatic rings. The van der Waals surface area contributed by atoms with Gasteiger partial charge in [0.2, 0.25) is 0 Å². The van der Waals surface area contributed by atoms with E-state index in [1.54, 1.807) is 36.7 Å². The van der Waals surface area contributed by atoms with Crippen LogP contribution < -0.4 is 14.5 Å². The van der Waals surface area contributed by atoms with Crippen molar-refractivity contribution in [3.05, 3.63) is 82.8 Å². The van der Waals surface area contributed by atoms with Crippen LogP contribution in [0.15, 0.2) is 42.6 Å². The first-order chi connectivity index (χ1) is 29.6. The summed E-state index contributed by atoms with van der Waals surface area (Å²) in [5.41, 5.74) is -2.28. The number of benzene rings is 3. The number of pyridine rings is 1. The smallest absolute Gasteiger partial charge is 0.429 e. The van der Waals surface area contributed by atoms with Crippen molar-refractivity contribution >= 4 is 33.6 Å². The number of amides is 1. The highest BCUT2D eigenvalue weighted by atomic mass is 19.2. The summed E-state index contributed by atoms with van der Waals surface area (Å²) in [7, 11) is 1.43. The lowest BCUT2D eigenvalue weighted by Gasteiger charge is -2.36. The minimum absolute atomic E-state index is 0.000296. The lowest BCUT2D eigenvalue weighted by Crippen LogP contribution is -2.49. The summed E-state index contributed by atoms with van der Waals surface area (Å²) >= 11 is 0. The summed E-state index contributed by atoms with van der Waals surface area (Å²) in [5.74, 6) is -3.28. The Balaban J connectivity index is 1.27. The minimum Gasteiger partial charge on any atom is -0.468 e. The van der Waals surface area contributed by atoms with Crippen molar-refractivity contribution < 1.29 is 50.1 Å². The van der Waals surface area contributed by atoms with Crippen molar-refractivity contribution in [2.45, 2.75) is 82.6 Å². The predicted molar refractivity (Wildman–Crippen MR) is 218 cm³/mol. The summed E-state index contributed by atoms with van der Waals surface area (Å²) in [6, 6.07) is 6.61. The van der Waals surface area contributed by atoms with Gasteiger partial charge in [-0.25, -0.2) is 36.1 Å². The van der Waals surface area contributed by atoms with Gasteiger partial charge >= 0.3 is 12.1 Å². The Morgan fingerprint density at radius 2 is 1.73 bits per heavy atom. The van der Waals surface area contributed by atoms with E-state index in [1.165, 1.54) is 36.5 Å². The van der Waals surface area contributed by atoms with Crippen LogP contribution in [0.25, 0.3) is 32.9 Å². The molecule has 1 unspecified atom stereocenters. The van der Waals surface area contributed by atoms with Gasteiger partial charge in [-0.15, -0.1) is 6.42 Å². The van der Waals surface area contributed by atoms with Gasteiger partial charge in [-0.05, 0) is 94.2 Å². The Morgan fingerprint density at radius 1 is 0.968 bits per heavy atom. The van der Waals surface area contributed by atoms with Crippen LogP contribution in [-0.2, 0) is 9.47 Å². The van der Waals surface area contributed by atoms with Crippen molar-refractivity contribution in [3.8, 4) is 35.4 Å². The van der Waals surface area contributed by atoms with Gasteiger partial charge in [0, 0.05) is 56.4 Å². The van der Waals surface area contributed by atoms with E-state index in [1.807, 2.05) is 0 Å². The fraction of sp³-hybridized carbons (Fsp3) is 0.422. The van der Waals surface area contributed by atoms with E-state index in [2.05, 4.69) is 15.9 Å². The molecule has 0 aliphatic carbocycles. The number of anilines is 1. The third-order valence-electron chi connectivity index (χ3n) is 11.5. The zero-order chi connectivity index (χ0) is 44.1. The SMILES string of the molecule is C#Cc1c(F)ccc2cc(OCOC)cc(-c3ncc4c(N5CCCCCN5C(=O)OC(C)(C)C)nc(OC[C@@]56CC[C@H](c7cc(F)c(F)c(F)c7)N5CC(F)C6)nc4c3F)c12. The number of hydrazine groups is 1. The number of carbonyl (C=O) groups is 1. The van der Waals surface area contributed by atoms with E-state index in [4.69, 9.17) is 30.4 Å². The zero-order valence-electron chi connectivity index (χ0n) is 34.5. The van der Waals surface area contributed by atoms with E-state index in [9.17, 15) is 18.0 Å². The van der Waals surface area contributed by atoms with E-state index >= 15 is 13.2 Å². The third kappa shape index (κ3) is 8.01. The van der Waals surface area contributed by atoms with Gasteiger partial charge in [-0.2, -0.15) is 9.97 Å². The van der Waals surface area contributed by atoms with Crippen LogP contribution in [0.1, 0.15) is 76.5 Å². The van der Waals surface area contributed by atoms with Gasteiger partial charge in [0.25, 0.3) is 0 Å². The van der Waals surface area contributed by atoms with Gasteiger partial charge in [-0.1, -0.05) is 12.0 Å². The maximum Gasteiger partial charge on any atom is 0.429 e. The topological polar surface area (TPSA) is 102 Å². The molecule has 0 spiro atoms. The van der Waals surface area contributed by atoms with E-state index < -0.39 is 58.5 Å². The molecular formula is C45H44F6N6O5. The van der Waals surface area contributed by atoms with Crippen LogP contribution in [0.4, 0.5) is 37.0 Å². The number of rotatable bonds is 9. The van der Waals surface area contributed by atoms with Crippen molar-refractivity contribution in [3.63, 3.8) is 0 Å². The molecule has 3 atom stereocenters. The summed E-state index contributed by atoms with van der Waals surface area (Å²) in [6.45, 7) is 5.27. The Labute approximate surface area is 353 Å². The first-order valence-electron chi connectivity index (χ1n) is 20.3. The highest BCUT2D eigenvalue weighted by Gasteiger charge is 2.54. The lowest BCUT2D eigenvalue weighted by atomic mass is 9.94. The van der Waals surface area contributed by atoms with E-state index in [-0.39, 0.29) is 95.7 Å². The zero-order valence-corrected chi connectivity index (χ0v) is 34.5. The second-order valence-corrected chi connectivity index (χ2v) is 16.8. The Morgan fingerprint density at radius 3 is 2.45 bits per heavy atom. The van der Waals surface area contributed by atoms with Crippen molar-refractivity contribution in [1.29, 1.82) is 0 Å². The van der Waals surface area contributed by atoms with Gasteiger partial charge < -0.3 is 18.9 Å². The molecule has 3 aliphatic rings. The number of carbonyl (C=O) groups excluding carboxylic acids is 1. The van der Waals surface area contributed by atoms with Crippen LogP contribution in [0.3, 0.4) is 0 Å². The van der Waals surface area contributed by atoms with Gasteiger partial charge in [0.15, 0.2) is 35.9 Å². The second-order valence-electron chi connectivity index (χ2n) is 16.8. The Kier molecular flexibility index (Phi) is 11.6. The molecule has 1 amide bonds. The van der Waals surface area contributed by atoms with Crippen molar-refractivity contribution in [1.82, 2.24) is 24.9 Å². The van der Waals surface area contributed by atoms with Crippen LogP contribution in [0.5, 0.6) is 11.8 Å². The normalized spacial score (nSPS) is 20.7. The molecule has 3 aromatic carbocycles. The fourth-order valence-electron chi connectivity index (χ4n) is 8.88.